The summed E-state index contributed by atoms with van der Waals surface area (Å²) in [6.45, 7) is 0.599. The molecule has 0 N–H and O–H groups in total. The van der Waals surface area contributed by atoms with Crippen LogP contribution in [0.5, 0.6) is 0 Å². The van der Waals surface area contributed by atoms with E-state index in [1.807, 2.05) is 30.3 Å². The number of nitrogens with zero attached hydrogens (tertiary/aromatic N) is 3. The molecule has 0 radical (unpaired) electrons. The third-order valence-electron chi connectivity index (χ3n) is 3.82. The molecule has 2 aromatic carbocycles. The fourth-order valence-electron chi connectivity index (χ4n) is 2.54. The number of aromatic nitrogens is 2. The third kappa shape index (κ3) is 4.14. The lowest BCUT2D eigenvalue weighted by molar-refractivity contribution is 0.464. The maximum Gasteiger partial charge on any atom is 0.243 e. The Morgan fingerprint density at radius 2 is 1.69 bits per heavy atom. The summed E-state index contributed by atoms with van der Waals surface area (Å²) in [4.78, 5) is -0.422. The van der Waals surface area contributed by atoms with Gasteiger partial charge >= 0.3 is 0 Å². The van der Waals surface area contributed by atoms with Crippen LogP contribution in [0.25, 0.3) is 0 Å². The van der Waals surface area contributed by atoms with Gasteiger partial charge in [-0.3, -0.25) is 4.68 Å². The van der Waals surface area contributed by atoms with Gasteiger partial charge in [0.15, 0.2) is 0 Å². The van der Waals surface area contributed by atoms with E-state index >= 15 is 0 Å². The number of halogens is 2. The second-order valence-corrected chi connectivity index (χ2v) is 7.94. The van der Waals surface area contributed by atoms with E-state index in [-0.39, 0.29) is 6.54 Å². The van der Waals surface area contributed by atoms with Crippen molar-refractivity contribution in [2.45, 2.75) is 18.0 Å². The molecule has 0 spiro atoms. The second kappa shape index (κ2) is 7.35. The van der Waals surface area contributed by atoms with Crippen molar-refractivity contribution in [3.8, 4) is 0 Å². The molecule has 136 valence electrons. The minimum absolute atomic E-state index is 0.0370. The van der Waals surface area contributed by atoms with Gasteiger partial charge in [0.1, 0.15) is 11.6 Å². The summed E-state index contributed by atoms with van der Waals surface area (Å²) in [6, 6.07) is 11.9. The van der Waals surface area contributed by atoms with Gasteiger partial charge in [0.2, 0.25) is 10.0 Å². The number of benzene rings is 2. The van der Waals surface area contributed by atoms with Crippen LogP contribution in [0, 0.1) is 11.6 Å². The van der Waals surface area contributed by atoms with Crippen molar-refractivity contribution in [3.05, 3.63) is 83.7 Å². The molecule has 0 saturated heterocycles. The Balaban J connectivity index is 1.74. The molecule has 0 saturated carbocycles. The van der Waals surface area contributed by atoms with Gasteiger partial charge in [0.05, 0.1) is 17.6 Å². The summed E-state index contributed by atoms with van der Waals surface area (Å²) in [7, 11) is -2.66. The molecule has 1 heterocycles. The van der Waals surface area contributed by atoms with Crippen LogP contribution in [0.3, 0.4) is 0 Å². The molecule has 1 aromatic heterocycles. The van der Waals surface area contributed by atoms with E-state index in [4.69, 9.17) is 0 Å². The van der Waals surface area contributed by atoms with Gasteiger partial charge in [-0.05, 0) is 17.7 Å². The van der Waals surface area contributed by atoms with Crippen LogP contribution in [0.4, 0.5) is 8.78 Å². The molecule has 0 unspecified atom stereocenters. The Hall–Kier alpha value is -2.58. The van der Waals surface area contributed by atoms with Gasteiger partial charge in [-0.25, -0.2) is 17.2 Å². The molecule has 0 aliphatic heterocycles. The van der Waals surface area contributed by atoms with E-state index in [9.17, 15) is 17.2 Å². The average Bonchev–Trinajstić information content (AvgIpc) is 3.01. The van der Waals surface area contributed by atoms with E-state index in [0.29, 0.717) is 18.2 Å². The third-order valence-corrected chi connectivity index (χ3v) is 5.60. The molecule has 0 amide bonds. The number of sulfonamides is 1. The lowest BCUT2D eigenvalue weighted by atomic mass is 10.2. The molecule has 0 bridgehead atoms. The highest BCUT2D eigenvalue weighted by atomic mass is 32.2. The highest BCUT2D eigenvalue weighted by molar-refractivity contribution is 7.89. The smallest absolute Gasteiger partial charge is 0.243 e. The monoisotopic (exact) mass is 377 g/mol. The van der Waals surface area contributed by atoms with Crippen LogP contribution in [-0.4, -0.2) is 29.6 Å². The Morgan fingerprint density at radius 3 is 2.35 bits per heavy atom. The van der Waals surface area contributed by atoms with E-state index < -0.39 is 26.6 Å². The summed E-state index contributed by atoms with van der Waals surface area (Å²) < 4.78 is 54.4. The summed E-state index contributed by atoms with van der Waals surface area (Å²) >= 11 is 0. The van der Waals surface area contributed by atoms with E-state index in [2.05, 4.69) is 5.10 Å². The summed E-state index contributed by atoms with van der Waals surface area (Å²) in [5.74, 6) is -1.87. The van der Waals surface area contributed by atoms with E-state index in [0.717, 1.165) is 22.0 Å². The van der Waals surface area contributed by atoms with Crippen molar-refractivity contribution in [1.82, 2.24) is 14.1 Å². The quantitative estimate of drug-likeness (QED) is 0.664. The number of hydrogen-bond donors (Lipinski definition) is 0. The van der Waals surface area contributed by atoms with Crippen molar-refractivity contribution >= 4 is 10.0 Å². The summed E-state index contributed by atoms with van der Waals surface area (Å²) in [5.41, 5.74) is 1.74. The molecule has 3 rings (SSSR count). The highest BCUT2D eigenvalue weighted by Gasteiger charge is 2.23. The van der Waals surface area contributed by atoms with Gasteiger partial charge in [-0.2, -0.15) is 9.40 Å². The molecular formula is C18H17F2N3O2S. The fourth-order valence-corrected chi connectivity index (χ4v) is 3.75. The Labute approximate surface area is 150 Å². The van der Waals surface area contributed by atoms with Crippen LogP contribution in [-0.2, 0) is 23.1 Å². The van der Waals surface area contributed by atoms with Crippen molar-refractivity contribution in [2.24, 2.45) is 0 Å². The number of hydrogen-bond acceptors (Lipinski definition) is 3. The summed E-state index contributed by atoms with van der Waals surface area (Å²) in [6.07, 6.45) is 3.31. The second-order valence-electron chi connectivity index (χ2n) is 5.90. The molecule has 3 aromatic rings. The van der Waals surface area contributed by atoms with Crippen LogP contribution >= 0.6 is 0 Å². The van der Waals surface area contributed by atoms with Gasteiger partial charge in [0, 0.05) is 31.4 Å². The van der Waals surface area contributed by atoms with Crippen molar-refractivity contribution in [3.63, 3.8) is 0 Å². The zero-order valence-corrected chi connectivity index (χ0v) is 14.8. The molecule has 5 nitrogen and oxygen atoms in total. The lowest BCUT2D eigenvalue weighted by Crippen LogP contribution is -2.26. The van der Waals surface area contributed by atoms with Crippen molar-refractivity contribution in [1.29, 1.82) is 0 Å². The predicted octanol–water partition coefficient (Wildman–Crippen LogP) is 3.03. The van der Waals surface area contributed by atoms with Gasteiger partial charge < -0.3 is 0 Å². The molecular weight excluding hydrogens is 360 g/mol. The topological polar surface area (TPSA) is 55.2 Å². The first-order chi connectivity index (χ1) is 12.3. The van der Waals surface area contributed by atoms with Crippen LogP contribution in [0.1, 0.15) is 11.1 Å². The maximum atomic E-state index is 13.3. The Morgan fingerprint density at radius 1 is 1.04 bits per heavy atom. The largest absolute Gasteiger partial charge is 0.268 e. The SMILES string of the molecule is CN(Cc1cnn(Cc2ccccc2)c1)S(=O)(=O)c1cc(F)cc(F)c1. The summed E-state index contributed by atoms with van der Waals surface area (Å²) in [5, 5.41) is 4.22. The molecule has 8 heteroatoms. The zero-order valence-electron chi connectivity index (χ0n) is 14.0. The van der Waals surface area contributed by atoms with Gasteiger partial charge in [0.25, 0.3) is 0 Å². The van der Waals surface area contributed by atoms with Crippen LogP contribution < -0.4 is 0 Å². The Bertz CT molecular complexity index is 984. The molecule has 0 aliphatic carbocycles. The zero-order chi connectivity index (χ0) is 18.7. The van der Waals surface area contributed by atoms with Crippen LogP contribution in [0.15, 0.2) is 65.8 Å². The minimum atomic E-state index is -4.02. The van der Waals surface area contributed by atoms with Gasteiger partial charge in [-0.15, -0.1) is 0 Å². The molecule has 0 aliphatic rings. The fraction of sp³-hybridized carbons (Fsp3) is 0.167. The standard InChI is InChI=1S/C18H17F2N3O2S/c1-22(26(24,25)18-8-16(19)7-17(20)9-18)11-15-10-21-23(13-15)12-14-5-3-2-4-6-14/h2-10,13H,11-12H2,1H3. The Kier molecular flexibility index (Phi) is 5.15. The maximum absolute atomic E-state index is 13.3. The van der Waals surface area contributed by atoms with E-state index in [1.54, 1.807) is 17.1 Å². The first-order valence-corrected chi connectivity index (χ1v) is 9.26. The van der Waals surface area contributed by atoms with E-state index in [1.165, 1.54) is 7.05 Å². The van der Waals surface area contributed by atoms with Gasteiger partial charge in [-0.1, -0.05) is 30.3 Å². The molecule has 26 heavy (non-hydrogen) atoms. The first kappa shape index (κ1) is 18.2. The van der Waals surface area contributed by atoms with Crippen LogP contribution in [0.2, 0.25) is 0 Å². The predicted molar refractivity (Wildman–Crippen MR) is 92.8 cm³/mol. The highest BCUT2D eigenvalue weighted by Crippen LogP contribution is 2.19. The first-order valence-electron chi connectivity index (χ1n) is 7.82. The van der Waals surface area contributed by atoms with Crippen molar-refractivity contribution in [2.75, 3.05) is 7.05 Å². The molecule has 0 atom stereocenters. The van der Waals surface area contributed by atoms with Crippen molar-refractivity contribution < 1.29 is 17.2 Å². The average molecular weight is 377 g/mol. The lowest BCUT2D eigenvalue weighted by Gasteiger charge is -2.16. The normalized spacial score (nSPS) is 11.8. The minimum Gasteiger partial charge on any atom is -0.268 e. The number of rotatable bonds is 6. The molecule has 0 fully saturated rings.